The molecule has 1 saturated heterocycles. The third kappa shape index (κ3) is 4.64. The highest BCUT2D eigenvalue weighted by Crippen LogP contribution is 2.39. The second-order valence-electron chi connectivity index (χ2n) is 7.06. The van der Waals surface area contributed by atoms with E-state index in [1.54, 1.807) is 13.2 Å². The third-order valence-corrected chi connectivity index (χ3v) is 5.30. The Kier molecular flexibility index (Phi) is 6.42. The average molecular weight is 369 g/mol. The Hall–Kier alpha value is -2.44. The minimum absolute atomic E-state index is 0.170. The van der Waals surface area contributed by atoms with E-state index in [-0.39, 0.29) is 16.5 Å². The summed E-state index contributed by atoms with van der Waals surface area (Å²) < 4.78 is 5.39. The highest BCUT2D eigenvalue weighted by atomic mass is 16.6. The summed E-state index contributed by atoms with van der Waals surface area (Å²) >= 11 is 0. The van der Waals surface area contributed by atoms with Crippen molar-refractivity contribution in [2.75, 3.05) is 26.7 Å². The van der Waals surface area contributed by atoms with Crippen molar-refractivity contribution in [1.82, 2.24) is 4.90 Å². The summed E-state index contributed by atoms with van der Waals surface area (Å²) in [6.07, 6.45) is 2.29. The highest BCUT2D eigenvalue weighted by Gasteiger charge is 2.29. The summed E-state index contributed by atoms with van der Waals surface area (Å²) in [6.45, 7) is 3.16. The molecule has 0 spiro atoms. The fourth-order valence-corrected chi connectivity index (χ4v) is 3.93. The van der Waals surface area contributed by atoms with Crippen LogP contribution in [-0.2, 0) is 13.0 Å². The van der Waals surface area contributed by atoms with Gasteiger partial charge in [0.2, 0.25) is 0 Å². The van der Waals surface area contributed by atoms with Crippen molar-refractivity contribution in [3.63, 3.8) is 0 Å². The molecule has 0 aromatic heterocycles. The van der Waals surface area contributed by atoms with Crippen LogP contribution in [0.4, 0.5) is 5.69 Å². The summed E-state index contributed by atoms with van der Waals surface area (Å²) in [5.41, 5.74) is 8.66. The van der Waals surface area contributed by atoms with Crippen molar-refractivity contribution < 1.29 is 9.66 Å². The van der Waals surface area contributed by atoms with Crippen LogP contribution in [0, 0.1) is 10.1 Å². The fraction of sp³-hybridized carbons (Fsp3) is 0.429. The number of hydrogen-bond donors (Lipinski definition) is 1. The van der Waals surface area contributed by atoms with Gasteiger partial charge in [-0.15, -0.1) is 0 Å². The van der Waals surface area contributed by atoms with Gasteiger partial charge in [-0.2, -0.15) is 0 Å². The number of hydrogen-bond acceptors (Lipinski definition) is 5. The Bertz CT molecular complexity index is 772. The van der Waals surface area contributed by atoms with Gasteiger partial charge in [0.05, 0.1) is 12.0 Å². The van der Waals surface area contributed by atoms with Crippen LogP contribution < -0.4 is 10.5 Å². The van der Waals surface area contributed by atoms with Crippen LogP contribution in [0.2, 0.25) is 0 Å². The number of methoxy groups -OCH3 is 1. The minimum Gasteiger partial charge on any atom is -0.497 e. The van der Waals surface area contributed by atoms with Gasteiger partial charge < -0.3 is 10.5 Å². The van der Waals surface area contributed by atoms with Crippen LogP contribution in [0.1, 0.15) is 35.4 Å². The van der Waals surface area contributed by atoms with Crippen LogP contribution in [0.15, 0.2) is 42.5 Å². The number of nitro groups is 1. The molecule has 6 nitrogen and oxygen atoms in total. The van der Waals surface area contributed by atoms with E-state index in [2.05, 4.69) is 29.2 Å². The van der Waals surface area contributed by atoms with Crippen molar-refractivity contribution in [1.29, 1.82) is 0 Å². The number of nitrogens with zero attached hydrogens (tertiary/aromatic N) is 2. The zero-order valence-electron chi connectivity index (χ0n) is 15.8. The van der Waals surface area contributed by atoms with E-state index >= 15 is 0 Å². The summed E-state index contributed by atoms with van der Waals surface area (Å²) in [4.78, 5) is 13.9. The maximum Gasteiger partial charge on any atom is 0.276 e. The van der Waals surface area contributed by atoms with Gasteiger partial charge >= 0.3 is 0 Å². The Morgan fingerprint density at radius 3 is 2.52 bits per heavy atom. The molecule has 0 unspecified atom stereocenters. The summed E-state index contributed by atoms with van der Waals surface area (Å²) in [5, 5.41) is 11.8. The van der Waals surface area contributed by atoms with Gasteiger partial charge in [0.1, 0.15) is 5.75 Å². The first-order valence-corrected chi connectivity index (χ1v) is 9.44. The lowest BCUT2D eigenvalue weighted by molar-refractivity contribution is -0.386. The maximum absolute atomic E-state index is 11.8. The number of ether oxygens (including phenoxy) is 1. The van der Waals surface area contributed by atoms with Gasteiger partial charge in [0, 0.05) is 17.7 Å². The SMILES string of the molecule is COc1cc(CCN)c([N+](=O)[O-])c(C2CCN(Cc3ccccc3)CC2)c1. The van der Waals surface area contributed by atoms with Gasteiger partial charge in [-0.05, 0) is 62.5 Å². The largest absolute Gasteiger partial charge is 0.497 e. The zero-order valence-corrected chi connectivity index (χ0v) is 15.8. The molecule has 0 saturated carbocycles. The highest BCUT2D eigenvalue weighted by molar-refractivity contribution is 5.54. The van der Waals surface area contributed by atoms with Gasteiger partial charge in [-0.25, -0.2) is 0 Å². The Morgan fingerprint density at radius 2 is 1.93 bits per heavy atom. The third-order valence-electron chi connectivity index (χ3n) is 5.30. The second kappa shape index (κ2) is 8.97. The molecule has 6 heteroatoms. The molecule has 2 N–H and O–H groups in total. The van der Waals surface area contributed by atoms with Gasteiger partial charge in [-0.3, -0.25) is 15.0 Å². The average Bonchev–Trinajstić information content (AvgIpc) is 2.69. The summed E-state index contributed by atoms with van der Waals surface area (Å²) in [7, 11) is 1.60. The van der Waals surface area contributed by atoms with Crippen molar-refractivity contribution >= 4 is 5.69 Å². The number of likely N-dealkylation sites (tertiary alicyclic amines) is 1. The molecule has 3 rings (SSSR count). The van der Waals surface area contributed by atoms with E-state index in [1.807, 2.05) is 12.1 Å². The normalized spacial score (nSPS) is 15.6. The summed E-state index contributed by atoms with van der Waals surface area (Å²) in [6, 6.07) is 14.0. The molecule has 1 heterocycles. The molecule has 0 atom stereocenters. The second-order valence-corrected chi connectivity index (χ2v) is 7.06. The van der Waals surface area contributed by atoms with Crippen LogP contribution in [0.5, 0.6) is 5.75 Å². The molecule has 0 radical (unpaired) electrons. The van der Waals surface area contributed by atoms with Crippen molar-refractivity contribution in [2.45, 2.75) is 31.7 Å². The lowest BCUT2D eigenvalue weighted by Crippen LogP contribution is -2.32. The molecule has 0 aliphatic carbocycles. The van der Waals surface area contributed by atoms with E-state index in [1.165, 1.54) is 5.56 Å². The van der Waals surface area contributed by atoms with E-state index in [0.717, 1.165) is 38.0 Å². The van der Waals surface area contributed by atoms with Gasteiger partial charge in [0.25, 0.3) is 5.69 Å². The first kappa shape index (κ1) is 19.3. The number of nitrogens with two attached hydrogens (primary N) is 1. The Morgan fingerprint density at radius 1 is 1.22 bits per heavy atom. The van der Waals surface area contributed by atoms with Gasteiger partial charge in [-0.1, -0.05) is 30.3 Å². The lowest BCUT2D eigenvalue weighted by Gasteiger charge is -2.32. The lowest BCUT2D eigenvalue weighted by atomic mass is 9.86. The number of benzene rings is 2. The van der Waals surface area contributed by atoms with Crippen molar-refractivity contribution in [2.24, 2.45) is 5.73 Å². The molecule has 2 aromatic rings. The van der Waals surface area contributed by atoms with E-state index < -0.39 is 0 Å². The maximum atomic E-state index is 11.8. The van der Waals surface area contributed by atoms with Crippen LogP contribution in [0.25, 0.3) is 0 Å². The first-order valence-electron chi connectivity index (χ1n) is 9.44. The molecule has 1 fully saturated rings. The molecular formula is C21H27N3O3. The minimum atomic E-state index is -0.254. The Balaban J connectivity index is 1.78. The van der Waals surface area contributed by atoms with Crippen LogP contribution in [-0.4, -0.2) is 36.6 Å². The van der Waals surface area contributed by atoms with Crippen LogP contribution >= 0.6 is 0 Å². The van der Waals surface area contributed by atoms with E-state index in [9.17, 15) is 10.1 Å². The zero-order chi connectivity index (χ0) is 19.2. The van der Waals surface area contributed by atoms with E-state index in [0.29, 0.717) is 24.3 Å². The monoisotopic (exact) mass is 369 g/mol. The first-order chi connectivity index (χ1) is 13.1. The molecule has 27 heavy (non-hydrogen) atoms. The Labute approximate surface area is 160 Å². The predicted molar refractivity (Wildman–Crippen MR) is 106 cm³/mol. The van der Waals surface area contributed by atoms with Crippen LogP contribution in [0.3, 0.4) is 0 Å². The molecule has 2 aromatic carbocycles. The van der Waals surface area contributed by atoms with Crippen molar-refractivity contribution in [3.8, 4) is 5.75 Å². The molecule has 1 aliphatic heterocycles. The standard InChI is InChI=1S/C21H27N3O3/c1-27-19-13-18(7-10-22)21(24(25)26)20(14-19)17-8-11-23(12-9-17)15-16-5-3-2-4-6-16/h2-6,13-14,17H,7-12,15,22H2,1H3. The number of piperidine rings is 1. The van der Waals surface area contributed by atoms with E-state index in [4.69, 9.17) is 10.5 Å². The topological polar surface area (TPSA) is 81.6 Å². The number of rotatable bonds is 7. The smallest absolute Gasteiger partial charge is 0.276 e. The predicted octanol–water partition coefficient (Wildman–Crippen LogP) is 3.48. The van der Waals surface area contributed by atoms with Gasteiger partial charge in [0.15, 0.2) is 0 Å². The molecular weight excluding hydrogens is 342 g/mol. The molecule has 144 valence electrons. The van der Waals surface area contributed by atoms with Crippen molar-refractivity contribution in [3.05, 3.63) is 69.3 Å². The summed E-state index contributed by atoms with van der Waals surface area (Å²) in [5.74, 6) is 0.842. The molecule has 0 amide bonds. The molecule has 1 aliphatic rings. The quantitative estimate of drug-likeness (QED) is 0.597. The number of nitro benzene ring substituents is 1. The molecule has 0 bridgehead atoms. The fourth-order valence-electron chi connectivity index (χ4n) is 3.93.